The van der Waals surface area contributed by atoms with E-state index in [4.69, 9.17) is 4.42 Å². The van der Waals surface area contributed by atoms with Gasteiger partial charge in [-0.15, -0.1) is 0 Å². The fourth-order valence-corrected chi connectivity index (χ4v) is 3.57. The Hall–Kier alpha value is -2.41. The van der Waals surface area contributed by atoms with E-state index in [0.29, 0.717) is 11.7 Å². The molecular weight excluding hydrogens is 328 g/mol. The first-order valence-electron chi connectivity index (χ1n) is 9.31. The maximum atomic E-state index is 5.76. The van der Waals surface area contributed by atoms with E-state index in [-0.39, 0.29) is 0 Å². The third-order valence-electron chi connectivity index (χ3n) is 5.18. The summed E-state index contributed by atoms with van der Waals surface area (Å²) >= 11 is 0. The molecule has 0 unspecified atom stereocenters. The van der Waals surface area contributed by atoms with E-state index in [1.54, 1.807) is 6.33 Å². The Balaban J connectivity index is 1.34. The zero-order valence-corrected chi connectivity index (χ0v) is 15.7. The molecule has 1 aliphatic rings. The molecule has 26 heavy (non-hydrogen) atoms. The summed E-state index contributed by atoms with van der Waals surface area (Å²) in [7, 11) is 0. The average molecular weight is 354 g/mol. The van der Waals surface area contributed by atoms with Gasteiger partial charge in [-0.1, -0.05) is 6.92 Å². The number of aromatic nitrogens is 4. The summed E-state index contributed by atoms with van der Waals surface area (Å²) in [4.78, 5) is 13.6. The van der Waals surface area contributed by atoms with Gasteiger partial charge in [0.1, 0.15) is 23.7 Å². The van der Waals surface area contributed by atoms with E-state index in [0.717, 1.165) is 62.2 Å². The molecule has 0 N–H and O–H groups in total. The average Bonchev–Trinajstić information content (AvgIpc) is 3.28. The van der Waals surface area contributed by atoms with Crippen LogP contribution < -0.4 is 4.90 Å². The van der Waals surface area contributed by atoms with Crippen LogP contribution in [0.5, 0.6) is 0 Å². The van der Waals surface area contributed by atoms with E-state index in [2.05, 4.69) is 43.9 Å². The quantitative estimate of drug-likeness (QED) is 0.702. The molecule has 0 amide bonds. The monoisotopic (exact) mass is 354 g/mol. The van der Waals surface area contributed by atoms with Crippen LogP contribution in [-0.4, -0.2) is 57.2 Å². The Morgan fingerprint density at radius 3 is 2.69 bits per heavy atom. The van der Waals surface area contributed by atoms with Crippen LogP contribution in [0.3, 0.4) is 0 Å². The molecule has 0 aromatic carbocycles. The van der Waals surface area contributed by atoms with Crippen molar-refractivity contribution in [3.05, 3.63) is 41.7 Å². The van der Waals surface area contributed by atoms with Crippen molar-refractivity contribution in [2.45, 2.75) is 33.1 Å². The minimum atomic E-state index is 0.458. The van der Waals surface area contributed by atoms with Crippen LogP contribution in [0.2, 0.25) is 0 Å². The zero-order chi connectivity index (χ0) is 18.1. The number of hydrogen-bond donors (Lipinski definition) is 0. The van der Waals surface area contributed by atoms with Crippen molar-refractivity contribution in [1.82, 2.24) is 24.5 Å². The summed E-state index contributed by atoms with van der Waals surface area (Å²) in [5.41, 5.74) is 0.977. The molecule has 7 heteroatoms. The van der Waals surface area contributed by atoms with Crippen molar-refractivity contribution in [2.75, 3.05) is 37.6 Å². The van der Waals surface area contributed by atoms with Crippen molar-refractivity contribution >= 4 is 11.6 Å². The maximum absolute atomic E-state index is 5.76. The van der Waals surface area contributed by atoms with Crippen LogP contribution in [0, 0.1) is 13.8 Å². The third kappa shape index (κ3) is 3.44. The summed E-state index contributed by atoms with van der Waals surface area (Å²) < 4.78 is 7.59. The molecule has 1 aliphatic heterocycles. The van der Waals surface area contributed by atoms with E-state index in [1.807, 2.05) is 24.4 Å². The molecule has 1 atom stereocenters. The van der Waals surface area contributed by atoms with Crippen LogP contribution >= 0.6 is 0 Å². The molecule has 7 nitrogen and oxygen atoms in total. The smallest absolute Gasteiger partial charge is 0.254 e. The lowest BCUT2D eigenvalue weighted by atomic mass is 10.0. The fraction of sp³-hybridized carbons (Fsp3) is 0.526. The van der Waals surface area contributed by atoms with E-state index < -0.39 is 0 Å². The second kappa shape index (κ2) is 7.07. The van der Waals surface area contributed by atoms with Crippen LogP contribution in [0.4, 0.5) is 5.82 Å². The van der Waals surface area contributed by atoms with Crippen molar-refractivity contribution in [2.24, 2.45) is 0 Å². The van der Waals surface area contributed by atoms with Gasteiger partial charge < -0.3 is 9.32 Å². The normalized spacial score (nSPS) is 17.1. The van der Waals surface area contributed by atoms with E-state index >= 15 is 0 Å². The van der Waals surface area contributed by atoms with Crippen LogP contribution in [0.25, 0.3) is 5.78 Å². The van der Waals surface area contributed by atoms with Crippen LogP contribution in [0.1, 0.15) is 36.5 Å². The first-order valence-corrected chi connectivity index (χ1v) is 9.31. The summed E-state index contributed by atoms with van der Waals surface area (Å²) in [6.07, 6.45) is 2.69. The molecule has 0 aliphatic carbocycles. The molecule has 138 valence electrons. The summed E-state index contributed by atoms with van der Waals surface area (Å²) in [5, 5.41) is 4.33. The third-order valence-corrected chi connectivity index (χ3v) is 5.18. The lowest BCUT2D eigenvalue weighted by Crippen LogP contribution is -2.47. The van der Waals surface area contributed by atoms with Gasteiger partial charge in [0.25, 0.3) is 5.78 Å². The Bertz CT molecular complexity index is 877. The SMILES string of the molecule is Cc1cc(N2CCN(CC[C@@H](C)c3ccc(C)o3)CC2)n2ncnc2n1. The Kier molecular flexibility index (Phi) is 4.63. The molecule has 1 saturated heterocycles. The highest BCUT2D eigenvalue weighted by Gasteiger charge is 2.21. The van der Waals surface area contributed by atoms with Crippen molar-refractivity contribution < 1.29 is 4.42 Å². The van der Waals surface area contributed by atoms with Gasteiger partial charge in [0, 0.05) is 43.9 Å². The largest absolute Gasteiger partial charge is 0.466 e. The second-order valence-electron chi connectivity index (χ2n) is 7.19. The first-order chi connectivity index (χ1) is 12.6. The van der Waals surface area contributed by atoms with Gasteiger partial charge in [-0.3, -0.25) is 4.90 Å². The maximum Gasteiger partial charge on any atom is 0.254 e. The van der Waals surface area contributed by atoms with Gasteiger partial charge in [-0.05, 0) is 38.9 Å². The molecule has 4 rings (SSSR count). The number of furan rings is 1. The fourth-order valence-electron chi connectivity index (χ4n) is 3.57. The Morgan fingerprint density at radius 2 is 1.96 bits per heavy atom. The van der Waals surface area contributed by atoms with E-state index in [1.165, 1.54) is 0 Å². The highest BCUT2D eigenvalue weighted by molar-refractivity contribution is 5.47. The van der Waals surface area contributed by atoms with Gasteiger partial charge in [-0.25, -0.2) is 4.98 Å². The Labute approximate surface area is 153 Å². The lowest BCUT2D eigenvalue weighted by Gasteiger charge is -2.36. The molecule has 0 bridgehead atoms. The van der Waals surface area contributed by atoms with Gasteiger partial charge >= 0.3 is 0 Å². The van der Waals surface area contributed by atoms with Crippen molar-refractivity contribution in [3.63, 3.8) is 0 Å². The van der Waals surface area contributed by atoms with Crippen LogP contribution in [0.15, 0.2) is 28.9 Å². The van der Waals surface area contributed by atoms with Gasteiger partial charge in [0.05, 0.1) is 0 Å². The lowest BCUT2D eigenvalue weighted by molar-refractivity contribution is 0.245. The molecule has 4 heterocycles. The van der Waals surface area contributed by atoms with Gasteiger partial charge in [0.2, 0.25) is 0 Å². The highest BCUT2D eigenvalue weighted by Crippen LogP contribution is 2.23. The minimum absolute atomic E-state index is 0.458. The molecule has 0 radical (unpaired) electrons. The van der Waals surface area contributed by atoms with Crippen molar-refractivity contribution in [3.8, 4) is 0 Å². The summed E-state index contributed by atoms with van der Waals surface area (Å²) in [6, 6.07) is 6.25. The number of anilines is 1. The summed E-state index contributed by atoms with van der Waals surface area (Å²) in [6.45, 7) is 11.5. The molecule has 0 spiro atoms. The van der Waals surface area contributed by atoms with Gasteiger partial charge in [0.15, 0.2) is 0 Å². The van der Waals surface area contributed by atoms with Crippen molar-refractivity contribution in [1.29, 1.82) is 0 Å². The second-order valence-corrected chi connectivity index (χ2v) is 7.19. The number of hydrogen-bond acceptors (Lipinski definition) is 6. The molecule has 3 aromatic rings. The number of fused-ring (bicyclic) bond motifs is 1. The predicted octanol–water partition coefficient (Wildman–Crippen LogP) is 2.65. The zero-order valence-electron chi connectivity index (χ0n) is 15.7. The minimum Gasteiger partial charge on any atom is -0.466 e. The highest BCUT2D eigenvalue weighted by atomic mass is 16.3. The number of nitrogens with zero attached hydrogens (tertiary/aromatic N) is 6. The number of piperazine rings is 1. The van der Waals surface area contributed by atoms with Gasteiger partial charge in [-0.2, -0.15) is 14.6 Å². The number of rotatable bonds is 5. The predicted molar refractivity (Wildman–Crippen MR) is 101 cm³/mol. The number of aryl methyl sites for hydroxylation is 2. The molecule has 3 aromatic heterocycles. The summed E-state index contributed by atoms with van der Waals surface area (Å²) in [5.74, 6) is 4.31. The topological polar surface area (TPSA) is 62.7 Å². The first kappa shape index (κ1) is 17.0. The standard InChI is InChI=1S/C19H26N6O/c1-14(17-5-4-16(3)26-17)6-7-23-8-10-24(11-9-23)18-12-15(2)22-19-20-13-21-25(18)19/h4-5,12-14H,6-11H2,1-3H3/t14-/m1/s1. The van der Waals surface area contributed by atoms with Crippen LogP contribution in [-0.2, 0) is 0 Å². The molecular formula is C19H26N6O. The molecule has 1 fully saturated rings. The Morgan fingerprint density at radius 1 is 1.15 bits per heavy atom. The molecule has 0 saturated carbocycles. The van der Waals surface area contributed by atoms with E-state index in [9.17, 15) is 0 Å².